The zero-order valence-electron chi connectivity index (χ0n) is 14.2. The van der Waals surface area contributed by atoms with Crippen LogP contribution in [0.25, 0.3) is 10.8 Å². The Balaban J connectivity index is 1.92. The van der Waals surface area contributed by atoms with Gasteiger partial charge in [0.25, 0.3) is 0 Å². The van der Waals surface area contributed by atoms with E-state index in [4.69, 9.17) is 11.0 Å². The summed E-state index contributed by atoms with van der Waals surface area (Å²) in [4.78, 5) is 8.92. The van der Waals surface area contributed by atoms with Gasteiger partial charge in [-0.1, -0.05) is 0 Å². The molecule has 0 radical (unpaired) electrons. The van der Waals surface area contributed by atoms with Gasteiger partial charge < -0.3 is 16.4 Å². The molecule has 0 aromatic carbocycles. The zero-order valence-corrected chi connectivity index (χ0v) is 14.2. The van der Waals surface area contributed by atoms with Crippen molar-refractivity contribution in [2.45, 2.75) is 57.7 Å². The van der Waals surface area contributed by atoms with Gasteiger partial charge in [-0.25, -0.2) is 9.97 Å². The van der Waals surface area contributed by atoms with Crippen molar-refractivity contribution in [1.82, 2.24) is 9.97 Å². The SMILES string of the molecule is CC(C)Nc1nc(C#N)cc2cnc(N[C@H]3CCC[C@@H](N)C3)cc12. The molecule has 0 aliphatic heterocycles. The van der Waals surface area contributed by atoms with Crippen LogP contribution in [-0.4, -0.2) is 28.1 Å². The number of nitrogens with two attached hydrogens (primary N) is 1. The standard InChI is InChI=1S/C18H24N6/c1-11(2)22-18-16-8-17(23-14-5-3-4-13(20)7-14)21-10-12(16)6-15(9-19)24-18/h6,8,10-11,13-14H,3-5,7,20H2,1-2H3,(H,21,23)(H,22,24)/t13-,14+/m1/s1. The zero-order chi connectivity index (χ0) is 17.1. The van der Waals surface area contributed by atoms with Crippen molar-refractivity contribution in [1.29, 1.82) is 5.26 Å². The van der Waals surface area contributed by atoms with E-state index in [0.29, 0.717) is 11.7 Å². The Morgan fingerprint density at radius 2 is 2.17 bits per heavy atom. The molecule has 1 aliphatic rings. The van der Waals surface area contributed by atoms with E-state index in [-0.39, 0.29) is 12.1 Å². The van der Waals surface area contributed by atoms with Gasteiger partial charge in [-0.2, -0.15) is 5.26 Å². The molecule has 24 heavy (non-hydrogen) atoms. The first kappa shape index (κ1) is 16.5. The van der Waals surface area contributed by atoms with Crippen LogP contribution in [0.3, 0.4) is 0 Å². The van der Waals surface area contributed by atoms with E-state index in [0.717, 1.165) is 48.1 Å². The highest BCUT2D eigenvalue weighted by molar-refractivity contribution is 5.93. The number of aromatic nitrogens is 2. The normalized spacial score (nSPS) is 20.8. The van der Waals surface area contributed by atoms with Crippen molar-refractivity contribution in [3.05, 3.63) is 24.0 Å². The van der Waals surface area contributed by atoms with Crippen LogP contribution in [-0.2, 0) is 0 Å². The third-order valence-corrected chi connectivity index (χ3v) is 4.32. The number of nitrogens with zero attached hydrogens (tertiary/aromatic N) is 3. The molecule has 3 rings (SSSR count). The summed E-state index contributed by atoms with van der Waals surface area (Å²) in [6.45, 7) is 4.10. The lowest BCUT2D eigenvalue weighted by molar-refractivity contribution is 0.409. The van der Waals surface area contributed by atoms with Gasteiger partial charge in [-0.15, -0.1) is 0 Å². The van der Waals surface area contributed by atoms with Gasteiger partial charge in [0, 0.05) is 35.1 Å². The molecule has 2 heterocycles. The number of hydrogen-bond acceptors (Lipinski definition) is 6. The fourth-order valence-corrected chi connectivity index (χ4v) is 3.23. The summed E-state index contributed by atoms with van der Waals surface area (Å²) < 4.78 is 0. The molecule has 0 spiro atoms. The third-order valence-electron chi connectivity index (χ3n) is 4.32. The molecule has 126 valence electrons. The number of rotatable bonds is 4. The second-order valence-corrected chi connectivity index (χ2v) is 6.83. The maximum absolute atomic E-state index is 9.17. The fourth-order valence-electron chi connectivity index (χ4n) is 3.23. The summed E-state index contributed by atoms with van der Waals surface area (Å²) in [5.41, 5.74) is 6.46. The Hall–Kier alpha value is -2.39. The molecule has 1 aliphatic carbocycles. The van der Waals surface area contributed by atoms with Crippen LogP contribution in [0.15, 0.2) is 18.3 Å². The molecule has 1 fully saturated rings. The molecule has 2 aromatic heterocycles. The average Bonchev–Trinajstić information content (AvgIpc) is 2.54. The van der Waals surface area contributed by atoms with Crippen molar-refractivity contribution in [3.8, 4) is 6.07 Å². The monoisotopic (exact) mass is 324 g/mol. The number of anilines is 2. The minimum atomic E-state index is 0.232. The minimum Gasteiger partial charge on any atom is -0.367 e. The summed E-state index contributed by atoms with van der Waals surface area (Å²) in [5, 5.41) is 17.9. The molecular weight excluding hydrogens is 300 g/mol. The van der Waals surface area contributed by atoms with Gasteiger partial charge in [0.1, 0.15) is 23.4 Å². The van der Waals surface area contributed by atoms with Gasteiger partial charge in [-0.05, 0) is 51.7 Å². The molecule has 0 bridgehead atoms. The molecule has 0 saturated heterocycles. The van der Waals surface area contributed by atoms with Crippen LogP contribution in [0.4, 0.5) is 11.6 Å². The van der Waals surface area contributed by atoms with Gasteiger partial charge in [-0.3, -0.25) is 0 Å². The third kappa shape index (κ3) is 3.74. The summed E-state index contributed by atoms with van der Waals surface area (Å²) in [7, 11) is 0. The van der Waals surface area contributed by atoms with Crippen LogP contribution in [0.2, 0.25) is 0 Å². The van der Waals surface area contributed by atoms with Crippen molar-refractivity contribution >= 4 is 22.4 Å². The highest BCUT2D eigenvalue weighted by atomic mass is 15.0. The first-order chi connectivity index (χ1) is 11.5. The Morgan fingerprint density at radius 1 is 1.33 bits per heavy atom. The smallest absolute Gasteiger partial charge is 0.143 e. The topological polar surface area (TPSA) is 99.6 Å². The number of hydrogen-bond donors (Lipinski definition) is 3. The van der Waals surface area contributed by atoms with E-state index in [1.165, 1.54) is 0 Å². The number of nitriles is 1. The average molecular weight is 324 g/mol. The van der Waals surface area contributed by atoms with Crippen LogP contribution in [0.1, 0.15) is 45.2 Å². The van der Waals surface area contributed by atoms with Crippen LogP contribution < -0.4 is 16.4 Å². The molecule has 4 N–H and O–H groups in total. The Kier molecular flexibility index (Phi) is 4.81. The molecule has 6 heteroatoms. The van der Waals surface area contributed by atoms with E-state index in [1.807, 2.05) is 6.07 Å². The Morgan fingerprint density at radius 3 is 2.88 bits per heavy atom. The summed E-state index contributed by atoms with van der Waals surface area (Å²) in [5.74, 6) is 1.56. The second kappa shape index (κ2) is 7.02. The van der Waals surface area contributed by atoms with E-state index in [2.05, 4.69) is 40.5 Å². The summed E-state index contributed by atoms with van der Waals surface area (Å²) in [6.07, 6.45) is 6.15. The van der Waals surface area contributed by atoms with Crippen LogP contribution >= 0.6 is 0 Å². The predicted molar refractivity (Wildman–Crippen MR) is 96.9 cm³/mol. The summed E-state index contributed by atoms with van der Waals surface area (Å²) in [6, 6.07) is 6.76. The highest BCUT2D eigenvalue weighted by Crippen LogP contribution is 2.27. The van der Waals surface area contributed by atoms with Crippen molar-refractivity contribution in [2.24, 2.45) is 5.73 Å². The van der Waals surface area contributed by atoms with Gasteiger partial charge in [0.15, 0.2) is 0 Å². The Bertz CT molecular complexity index is 764. The molecule has 2 atom stereocenters. The first-order valence-electron chi connectivity index (χ1n) is 8.54. The quantitative estimate of drug-likeness (QED) is 0.799. The van der Waals surface area contributed by atoms with Crippen LogP contribution in [0.5, 0.6) is 0 Å². The maximum Gasteiger partial charge on any atom is 0.143 e. The largest absolute Gasteiger partial charge is 0.367 e. The van der Waals surface area contributed by atoms with Crippen molar-refractivity contribution in [2.75, 3.05) is 10.6 Å². The minimum absolute atomic E-state index is 0.232. The maximum atomic E-state index is 9.17. The van der Waals surface area contributed by atoms with Crippen LogP contribution in [0, 0.1) is 11.3 Å². The van der Waals surface area contributed by atoms with E-state index in [9.17, 15) is 0 Å². The summed E-state index contributed by atoms with van der Waals surface area (Å²) >= 11 is 0. The van der Waals surface area contributed by atoms with Crippen molar-refractivity contribution in [3.63, 3.8) is 0 Å². The van der Waals surface area contributed by atoms with Crippen molar-refractivity contribution < 1.29 is 0 Å². The van der Waals surface area contributed by atoms with E-state index in [1.54, 1.807) is 12.3 Å². The second-order valence-electron chi connectivity index (χ2n) is 6.83. The molecule has 0 unspecified atom stereocenters. The molecular formula is C18H24N6. The molecule has 6 nitrogen and oxygen atoms in total. The lowest BCUT2D eigenvalue weighted by Crippen LogP contribution is -2.35. The highest BCUT2D eigenvalue weighted by Gasteiger charge is 2.19. The first-order valence-corrected chi connectivity index (χ1v) is 8.54. The number of fused-ring (bicyclic) bond motifs is 1. The number of nitrogens with one attached hydrogen (secondary N) is 2. The van der Waals surface area contributed by atoms with Gasteiger partial charge in [0.2, 0.25) is 0 Å². The molecule has 0 amide bonds. The van der Waals surface area contributed by atoms with Gasteiger partial charge in [0.05, 0.1) is 0 Å². The lowest BCUT2D eigenvalue weighted by Gasteiger charge is -2.27. The van der Waals surface area contributed by atoms with E-state index < -0.39 is 0 Å². The molecule has 1 saturated carbocycles. The fraction of sp³-hybridized carbons (Fsp3) is 0.500. The lowest BCUT2D eigenvalue weighted by atomic mass is 9.91. The number of pyridine rings is 2. The van der Waals surface area contributed by atoms with E-state index >= 15 is 0 Å². The Labute approximate surface area is 142 Å². The molecule has 2 aromatic rings. The predicted octanol–water partition coefficient (Wildman–Crippen LogP) is 3.00. The van der Waals surface area contributed by atoms with Gasteiger partial charge >= 0.3 is 0 Å².